The molecule has 6 heteroatoms. The van der Waals surface area contributed by atoms with Crippen LogP contribution in [0.4, 0.5) is 0 Å². The van der Waals surface area contributed by atoms with Crippen molar-refractivity contribution in [1.82, 2.24) is 5.32 Å². The van der Waals surface area contributed by atoms with Crippen LogP contribution in [0.15, 0.2) is 0 Å². The SMILES string of the molecule is CCCCCCCCCCN[C@@H]1[C@@H](OCCCC)O[C@H](CO)[C@@H](O)[C@@H]1O. The van der Waals surface area contributed by atoms with Crippen LogP contribution < -0.4 is 5.32 Å². The van der Waals surface area contributed by atoms with E-state index >= 15 is 0 Å². The first kappa shape index (κ1) is 23.8. The van der Waals surface area contributed by atoms with Gasteiger partial charge in [0.1, 0.15) is 18.3 Å². The van der Waals surface area contributed by atoms with Crippen LogP contribution in [-0.2, 0) is 9.47 Å². The molecular formula is C20H41NO5. The van der Waals surface area contributed by atoms with Crippen molar-refractivity contribution in [2.75, 3.05) is 19.8 Å². The van der Waals surface area contributed by atoms with Crippen molar-refractivity contribution >= 4 is 0 Å². The molecule has 0 amide bonds. The first-order chi connectivity index (χ1) is 12.7. The zero-order chi connectivity index (χ0) is 19.2. The van der Waals surface area contributed by atoms with Gasteiger partial charge in [0.05, 0.1) is 12.6 Å². The second-order valence-corrected chi connectivity index (χ2v) is 7.39. The zero-order valence-corrected chi connectivity index (χ0v) is 16.7. The first-order valence-corrected chi connectivity index (χ1v) is 10.6. The Balaban J connectivity index is 2.32. The van der Waals surface area contributed by atoms with Gasteiger partial charge in [-0.25, -0.2) is 0 Å². The van der Waals surface area contributed by atoms with E-state index in [-0.39, 0.29) is 6.61 Å². The normalized spacial score (nSPS) is 29.2. The van der Waals surface area contributed by atoms with Crippen LogP contribution in [0.2, 0.25) is 0 Å². The van der Waals surface area contributed by atoms with Crippen LogP contribution in [0.1, 0.15) is 78.1 Å². The summed E-state index contributed by atoms with van der Waals surface area (Å²) >= 11 is 0. The minimum absolute atomic E-state index is 0.337. The molecule has 1 fully saturated rings. The highest BCUT2D eigenvalue weighted by molar-refractivity contribution is 4.93. The summed E-state index contributed by atoms with van der Waals surface area (Å²) in [6.45, 7) is 5.27. The summed E-state index contributed by atoms with van der Waals surface area (Å²) in [5.41, 5.74) is 0. The monoisotopic (exact) mass is 375 g/mol. The van der Waals surface area contributed by atoms with Gasteiger partial charge in [-0.1, -0.05) is 65.2 Å². The lowest BCUT2D eigenvalue weighted by Crippen LogP contribution is -2.64. The highest BCUT2D eigenvalue weighted by Crippen LogP contribution is 2.22. The first-order valence-electron chi connectivity index (χ1n) is 10.6. The standard InChI is InChI=1S/C20H41NO5/c1-3-5-7-8-9-10-11-12-13-21-17-19(24)18(23)16(15-22)26-20(17)25-14-6-4-2/h16-24H,3-15H2,1-2H3/t16-,17+,18-,19-,20+/m1/s1. The lowest BCUT2D eigenvalue weighted by atomic mass is 9.96. The van der Waals surface area contributed by atoms with E-state index in [1.165, 1.54) is 38.5 Å². The molecule has 0 aromatic rings. The van der Waals surface area contributed by atoms with Gasteiger partial charge in [-0.3, -0.25) is 0 Å². The molecule has 26 heavy (non-hydrogen) atoms. The second-order valence-electron chi connectivity index (χ2n) is 7.39. The predicted molar refractivity (Wildman–Crippen MR) is 103 cm³/mol. The number of unbranched alkanes of at least 4 members (excludes halogenated alkanes) is 8. The molecular weight excluding hydrogens is 334 g/mol. The second kappa shape index (κ2) is 14.8. The Hall–Kier alpha value is -0.240. The third-order valence-corrected chi connectivity index (χ3v) is 5.07. The Morgan fingerprint density at radius 2 is 1.46 bits per heavy atom. The molecule has 6 nitrogen and oxygen atoms in total. The summed E-state index contributed by atoms with van der Waals surface area (Å²) in [6.07, 6.45) is 8.31. The van der Waals surface area contributed by atoms with E-state index in [0.717, 1.165) is 32.2 Å². The van der Waals surface area contributed by atoms with E-state index in [9.17, 15) is 15.3 Å². The summed E-state index contributed by atoms with van der Waals surface area (Å²) in [4.78, 5) is 0. The highest BCUT2D eigenvalue weighted by Gasteiger charge is 2.44. The van der Waals surface area contributed by atoms with Crippen molar-refractivity contribution in [3.8, 4) is 0 Å². The molecule has 0 spiro atoms. The van der Waals surface area contributed by atoms with Gasteiger partial charge in [0.2, 0.25) is 0 Å². The van der Waals surface area contributed by atoms with Crippen molar-refractivity contribution in [2.24, 2.45) is 0 Å². The lowest BCUT2D eigenvalue weighted by molar-refractivity contribution is -0.271. The quantitative estimate of drug-likeness (QED) is 0.329. The predicted octanol–water partition coefficient (Wildman–Crippen LogP) is 2.34. The van der Waals surface area contributed by atoms with Gasteiger partial charge in [-0.2, -0.15) is 0 Å². The lowest BCUT2D eigenvalue weighted by Gasteiger charge is -2.42. The number of aliphatic hydroxyl groups excluding tert-OH is 3. The minimum atomic E-state index is -1.11. The Morgan fingerprint density at radius 3 is 2.08 bits per heavy atom. The number of hydrogen-bond donors (Lipinski definition) is 4. The Labute approximate surface area is 159 Å². The average Bonchev–Trinajstić information content (AvgIpc) is 2.65. The van der Waals surface area contributed by atoms with Gasteiger partial charge in [0.15, 0.2) is 6.29 Å². The molecule has 0 bridgehead atoms. The molecule has 1 heterocycles. The summed E-state index contributed by atoms with van der Waals surface area (Å²) in [5, 5.41) is 33.1. The molecule has 0 aliphatic carbocycles. The van der Waals surface area contributed by atoms with Crippen molar-refractivity contribution in [3.63, 3.8) is 0 Å². The van der Waals surface area contributed by atoms with Gasteiger partial charge in [0.25, 0.3) is 0 Å². The minimum Gasteiger partial charge on any atom is -0.394 e. The van der Waals surface area contributed by atoms with Crippen LogP contribution in [0.5, 0.6) is 0 Å². The van der Waals surface area contributed by atoms with Crippen LogP contribution >= 0.6 is 0 Å². The van der Waals surface area contributed by atoms with Crippen molar-refractivity contribution < 1.29 is 24.8 Å². The maximum atomic E-state index is 10.4. The van der Waals surface area contributed by atoms with Gasteiger partial charge >= 0.3 is 0 Å². The Kier molecular flexibility index (Phi) is 13.5. The zero-order valence-electron chi connectivity index (χ0n) is 16.7. The summed E-state index contributed by atoms with van der Waals surface area (Å²) in [5.74, 6) is 0. The van der Waals surface area contributed by atoms with Crippen LogP contribution in [0, 0.1) is 0 Å². The summed E-state index contributed by atoms with van der Waals surface area (Å²) < 4.78 is 11.4. The Bertz CT molecular complexity index is 331. The maximum absolute atomic E-state index is 10.4. The van der Waals surface area contributed by atoms with Gasteiger partial charge < -0.3 is 30.1 Å². The van der Waals surface area contributed by atoms with E-state index in [1.54, 1.807) is 0 Å². The molecule has 0 aromatic carbocycles. The number of hydrogen-bond acceptors (Lipinski definition) is 6. The molecule has 1 aliphatic rings. The smallest absolute Gasteiger partial charge is 0.175 e. The van der Waals surface area contributed by atoms with Crippen LogP contribution in [0.25, 0.3) is 0 Å². The molecule has 0 aromatic heterocycles. The number of ether oxygens (including phenoxy) is 2. The van der Waals surface area contributed by atoms with Gasteiger partial charge in [-0.15, -0.1) is 0 Å². The van der Waals surface area contributed by atoms with Gasteiger partial charge in [0, 0.05) is 6.61 Å². The summed E-state index contributed by atoms with van der Waals surface area (Å²) in [7, 11) is 0. The van der Waals surface area contributed by atoms with Crippen LogP contribution in [-0.4, -0.2) is 65.7 Å². The van der Waals surface area contributed by atoms with Gasteiger partial charge in [-0.05, 0) is 19.4 Å². The largest absolute Gasteiger partial charge is 0.394 e. The van der Waals surface area contributed by atoms with Crippen molar-refractivity contribution in [2.45, 2.75) is 109 Å². The third kappa shape index (κ3) is 8.63. The molecule has 5 atom stereocenters. The highest BCUT2D eigenvalue weighted by atomic mass is 16.7. The third-order valence-electron chi connectivity index (χ3n) is 5.07. The fraction of sp³-hybridized carbons (Fsp3) is 1.00. The fourth-order valence-corrected chi connectivity index (χ4v) is 3.31. The van der Waals surface area contributed by atoms with E-state index in [1.807, 2.05) is 0 Å². The molecule has 0 saturated carbocycles. The molecule has 0 unspecified atom stereocenters. The molecule has 1 saturated heterocycles. The average molecular weight is 376 g/mol. The maximum Gasteiger partial charge on any atom is 0.175 e. The number of aliphatic hydroxyl groups is 3. The molecule has 4 N–H and O–H groups in total. The topological polar surface area (TPSA) is 91.2 Å². The van der Waals surface area contributed by atoms with Crippen LogP contribution in [0.3, 0.4) is 0 Å². The van der Waals surface area contributed by atoms with E-state index in [0.29, 0.717) is 6.61 Å². The fourth-order valence-electron chi connectivity index (χ4n) is 3.31. The summed E-state index contributed by atoms with van der Waals surface area (Å²) in [6, 6.07) is -0.478. The molecule has 156 valence electrons. The van der Waals surface area contributed by atoms with E-state index in [4.69, 9.17) is 9.47 Å². The van der Waals surface area contributed by atoms with E-state index < -0.39 is 30.6 Å². The number of nitrogens with one attached hydrogen (secondary N) is 1. The molecule has 0 radical (unpaired) electrons. The molecule has 1 aliphatic heterocycles. The number of rotatable bonds is 15. The van der Waals surface area contributed by atoms with E-state index in [2.05, 4.69) is 19.2 Å². The van der Waals surface area contributed by atoms with Crippen molar-refractivity contribution in [3.05, 3.63) is 0 Å². The molecule has 1 rings (SSSR count). The van der Waals surface area contributed by atoms with Crippen molar-refractivity contribution in [1.29, 1.82) is 0 Å². The Morgan fingerprint density at radius 1 is 0.846 bits per heavy atom.